The van der Waals surface area contributed by atoms with E-state index in [-0.39, 0.29) is 22.3 Å². The Morgan fingerprint density at radius 1 is 0.469 bits per heavy atom. The number of hydrogen-bond donors (Lipinski definition) is 0. The highest BCUT2D eigenvalue weighted by molar-refractivity contribution is 6.16. The molecule has 3 aromatic carbocycles. The van der Waals surface area contributed by atoms with Crippen LogP contribution in [0.5, 0.6) is 0 Å². The lowest BCUT2D eigenvalue weighted by Crippen LogP contribution is -2.05. The van der Waals surface area contributed by atoms with Gasteiger partial charge in [0, 0.05) is 0 Å². The van der Waals surface area contributed by atoms with Gasteiger partial charge >= 0.3 is 23.9 Å². The zero-order valence-corrected chi connectivity index (χ0v) is 15.4. The van der Waals surface area contributed by atoms with Gasteiger partial charge in [0.25, 0.3) is 0 Å². The highest BCUT2D eigenvalue weighted by Gasteiger charge is 2.34. The number of esters is 4. The predicted octanol–water partition coefficient (Wildman–Crippen LogP) is 4.20. The van der Waals surface area contributed by atoms with Gasteiger partial charge in [0.05, 0.1) is 33.4 Å². The molecule has 0 spiro atoms. The molecule has 32 heavy (non-hydrogen) atoms. The second kappa shape index (κ2) is 6.58. The lowest BCUT2D eigenvalue weighted by Gasteiger charge is -2.13. The third-order valence-corrected chi connectivity index (χ3v) is 5.13. The van der Waals surface area contributed by atoms with E-state index in [2.05, 4.69) is 9.47 Å². The summed E-state index contributed by atoms with van der Waals surface area (Å²) in [5, 5.41) is 0. The van der Waals surface area contributed by atoms with Crippen molar-refractivity contribution in [1.82, 2.24) is 0 Å². The van der Waals surface area contributed by atoms with Crippen LogP contribution >= 0.6 is 0 Å². The van der Waals surface area contributed by atoms with E-state index in [1.54, 1.807) is 0 Å². The standard InChI is InChI=1S/C22H6F4O6/c23-15-13(7-1-3-9-11(5-7)21(29)31-19(9)27)16(24)18(26)14(17(15)25)8-2-4-10-12(6-8)22(30)32-20(10)28/h1-6H. The van der Waals surface area contributed by atoms with Crippen LogP contribution in [0.2, 0.25) is 0 Å². The molecule has 0 N–H and O–H groups in total. The number of carbonyl (C=O) groups is 4. The summed E-state index contributed by atoms with van der Waals surface area (Å²) in [5.41, 5.74) is -3.94. The fourth-order valence-electron chi connectivity index (χ4n) is 3.62. The van der Waals surface area contributed by atoms with E-state index in [4.69, 9.17) is 0 Å². The molecule has 5 rings (SSSR count). The zero-order chi connectivity index (χ0) is 22.9. The van der Waals surface area contributed by atoms with Gasteiger partial charge in [-0.1, -0.05) is 12.1 Å². The van der Waals surface area contributed by atoms with Crippen molar-refractivity contribution < 1.29 is 46.2 Å². The van der Waals surface area contributed by atoms with E-state index in [1.807, 2.05) is 0 Å². The number of benzene rings is 3. The molecule has 0 bridgehead atoms. The molecule has 0 saturated heterocycles. The molecule has 0 radical (unpaired) electrons. The Morgan fingerprint density at radius 2 is 0.781 bits per heavy atom. The largest absolute Gasteiger partial charge is 0.386 e. The Hall–Kier alpha value is -4.34. The summed E-state index contributed by atoms with van der Waals surface area (Å²) >= 11 is 0. The van der Waals surface area contributed by atoms with Crippen molar-refractivity contribution >= 4 is 23.9 Å². The number of cyclic esters (lactones) is 4. The predicted molar refractivity (Wildman–Crippen MR) is 96.6 cm³/mol. The van der Waals surface area contributed by atoms with Crippen molar-refractivity contribution in [3.63, 3.8) is 0 Å². The molecule has 10 heteroatoms. The molecule has 2 aliphatic rings. The minimum absolute atomic E-state index is 0.156. The van der Waals surface area contributed by atoms with Gasteiger partial charge in [-0.25, -0.2) is 36.7 Å². The van der Waals surface area contributed by atoms with E-state index in [0.29, 0.717) is 0 Å². The Bertz CT molecular complexity index is 1310. The molecule has 0 aliphatic carbocycles. The SMILES string of the molecule is O=C1OC(=O)c2cc(-c3c(F)c(F)c(-c4ccc5c(c4)C(=O)OC5=O)c(F)c3F)ccc21. The number of ether oxygens (including phenoxy) is 2. The summed E-state index contributed by atoms with van der Waals surface area (Å²) in [6.07, 6.45) is 0. The highest BCUT2D eigenvalue weighted by atomic mass is 19.2. The van der Waals surface area contributed by atoms with Crippen LogP contribution in [-0.4, -0.2) is 23.9 Å². The minimum Gasteiger partial charge on any atom is -0.386 e. The van der Waals surface area contributed by atoms with E-state index < -0.39 is 69.4 Å². The molecule has 0 saturated carbocycles. The maximum atomic E-state index is 14.9. The number of carbonyl (C=O) groups excluding carboxylic acids is 4. The molecule has 0 atom stereocenters. The smallest absolute Gasteiger partial charge is 0.346 e. The summed E-state index contributed by atoms with van der Waals surface area (Å²) < 4.78 is 68.4. The van der Waals surface area contributed by atoms with E-state index >= 15 is 0 Å². The summed E-state index contributed by atoms with van der Waals surface area (Å²) in [7, 11) is 0. The molecule has 0 aromatic heterocycles. The second-order valence-corrected chi connectivity index (χ2v) is 6.88. The quantitative estimate of drug-likeness (QED) is 0.256. The number of hydrogen-bond acceptors (Lipinski definition) is 6. The first-order valence-electron chi connectivity index (χ1n) is 8.86. The maximum Gasteiger partial charge on any atom is 0.346 e. The first-order chi connectivity index (χ1) is 15.2. The molecular formula is C22H6F4O6. The summed E-state index contributed by atoms with van der Waals surface area (Å²) in [6, 6.07) is 5.89. The topological polar surface area (TPSA) is 86.7 Å². The molecule has 2 aliphatic heterocycles. The van der Waals surface area contributed by atoms with Crippen molar-refractivity contribution in [2.24, 2.45) is 0 Å². The Balaban J connectivity index is 1.69. The van der Waals surface area contributed by atoms with Crippen molar-refractivity contribution in [2.45, 2.75) is 0 Å². The summed E-state index contributed by atoms with van der Waals surface area (Å²) in [5.74, 6) is -11.1. The summed E-state index contributed by atoms with van der Waals surface area (Å²) in [6.45, 7) is 0. The van der Waals surface area contributed by atoms with Gasteiger partial charge in [0.1, 0.15) is 0 Å². The molecular weight excluding hydrogens is 436 g/mol. The maximum absolute atomic E-state index is 14.9. The van der Waals surface area contributed by atoms with Crippen LogP contribution < -0.4 is 0 Å². The van der Waals surface area contributed by atoms with Gasteiger partial charge in [-0.05, 0) is 35.4 Å². The van der Waals surface area contributed by atoms with Crippen LogP contribution in [0.4, 0.5) is 17.6 Å². The van der Waals surface area contributed by atoms with Crippen LogP contribution in [0.25, 0.3) is 22.3 Å². The third-order valence-electron chi connectivity index (χ3n) is 5.13. The fourth-order valence-corrected chi connectivity index (χ4v) is 3.62. The minimum atomic E-state index is -1.77. The number of fused-ring (bicyclic) bond motifs is 2. The van der Waals surface area contributed by atoms with Gasteiger partial charge in [0.15, 0.2) is 23.3 Å². The fraction of sp³-hybridized carbons (Fsp3) is 0. The van der Waals surface area contributed by atoms with Gasteiger partial charge in [-0.3, -0.25) is 0 Å². The van der Waals surface area contributed by atoms with Crippen molar-refractivity contribution in [3.05, 3.63) is 81.9 Å². The Kier molecular flexibility index (Phi) is 4.03. The van der Waals surface area contributed by atoms with Crippen LogP contribution in [0.15, 0.2) is 36.4 Å². The van der Waals surface area contributed by atoms with Crippen LogP contribution in [0.1, 0.15) is 41.4 Å². The Labute approximate surface area is 175 Å². The molecule has 3 aromatic rings. The highest BCUT2D eigenvalue weighted by Crippen LogP contribution is 2.39. The molecule has 0 fully saturated rings. The molecule has 2 heterocycles. The van der Waals surface area contributed by atoms with Gasteiger partial charge in [-0.15, -0.1) is 0 Å². The first kappa shape index (κ1) is 19.6. The van der Waals surface area contributed by atoms with Crippen molar-refractivity contribution in [2.75, 3.05) is 0 Å². The first-order valence-corrected chi connectivity index (χ1v) is 8.86. The average molecular weight is 442 g/mol. The van der Waals surface area contributed by atoms with Gasteiger partial charge in [0.2, 0.25) is 0 Å². The van der Waals surface area contributed by atoms with Crippen LogP contribution in [0, 0.1) is 23.3 Å². The number of halogens is 4. The lowest BCUT2D eigenvalue weighted by molar-refractivity contribution is 0.0425. The van der Waals surface area contributed by atoms with Crippen molar-refractivity contribution in [3.8, 4) is 22.3 Å². The molecule has 6 nitrogen and oxygen atoms in total. The normalized spacial score (nSPS) is 14.4. The van der Waals surface area contributed by atoms with Crippen molar-refractivity contribution in [1.29, 1.82) is 0 Å². The second-order valence-electron chi connectivity index (χ2n) is 6.88. The van der Waals surface area contributed by atoms with E-state index in [1.165, 1.54) is 0 Å². The zero-order valence-electron chi connectivity index (χ0n) is 15.4. The number of rotatable bonds is 2. The summed E-state index contributed by atoms with van der Waals surface area (Å²) in [4.78, 5) is 46.5. The Morgan fingerprint density at radius 3 is 1.12 bits per heavy atom. The van der Waals surface area contributed by atoms with E-state index in [0.717, 1.165) is 36.4 Å². The lowest BCUT2D eigenvalue weighted by atomic mass is 9.94. The van der Waals surface area contributed by atoms with E-state index in [9.17, 15) is 36.7 Å². The molecule has 0 amide bonds. The monoisotopic (exact) mass is 442 g/mol. The van der Waals surface area contributed by atoms with Gasteiger partial charge < -0.3 is 9.47 Å². The van der Waals surface area contributed by atoms with Crippen LogP contribution in [-0.2, 0) is 9.47 Å². The average Bonchev–Trinajstić information content (AvgIpc) is 3.21. The molecule has 0 unspecified atom stereocenters. The van der Waals surface area contributed by atoms with Gasteiger partial charge in [-0.2, -0.15) is 0 Å². The molecule has 158 valence electrons. The van der Waals surface area contributed by atoms with Crippen LogP contribution in [0.3, 0.4) is 0 Å². The third kappa shape index (κ3) is 2.59.